The molecule has 1 unspecified atom stereocenters. The van der Waals surface area contributed by atoms with E-state index in [4.69, 9.17) is 4.74 Å². The van der Waals surface area contributed by atoms with E-state index in [1.807, 2.05) is 37.3 Å². The van der Waals surface area contributed by atoms with Crippen molar-refractivity contribution >= 4 is 28.7 Å². The number of thiazole rings is 1. The predicted octanol–water partition coefficient (Wildman–Crippen LogP) is 5.70. The summed E-state index contributed by atoms with van der Waals surface area (Å²) < 4.78 is 5.61. The fourth-order valence-electron chi connectivity index (χ4n) is 4.24. The highest BCUT2D eigenvalue weighted by molar-refractivity contribution is 7.17. The smallest absolute Gasteiger partial charge is 0.294 e. The number of aliphatic hydroxyl groups is 1. The minimum atomic E-state index is -0.912. The van der Waals surface area contributed by atoms with Crippen molar-refractivity contribution in [2.24, 2.45) is 0 Å². The highest BCUT2D eigenvalue weighted by Crippen LogP contribution is 2.43. The van der Waals surface area contributed by atoms with Crippen LogP contribution in [-0.4, -0.2) is 33.4 Å². The van der Waals surface area contributed by atoms with Gasteiger partial charge in [-0.25, -0.2) is 4.98 Å². The molecule has 4 aromatic rings. The Hall–Kier alpha value is -4.30. The van der Waals surface area contributed by atoms with Crippen LogP contribution in [0, 0.1) is 6.92 Å². The van der Waals surface area contributed by atoms with E-state index in [0.29, 0.717) is 39.3 Å². The van der Waals surface area contributed by atoms with Gasteiger partial charge in [-0.05, 0) is 38.1 Å². The maximum atomic E-state index is 13.9. The topological polar surface area (TPSA) is 92.6 Å². The molecule has 1 atom stereocenters. The zero-order valence-electron chi connectivity index (χ0n) is 19.7. The molecule has 2 aromatic heterocycles. The summed E-state index contributed by atoms with van der Waals surface area (Å²) in [4.78, 5) is 38.1. The average Bonchev–Trinajstić information content (AvgIpc) is 3.42. The van der Waals surface area contributed by atoms with E-state index >= 15 is 0 Å². The molecule has 0 fully saturated rings. The number of nitrogens with zero attached hydrogens (tertiary/aromatic N) is 3. The third-order valence-corrected chi connectivity index (χ3v) is 7.06. The van der Waals surface area contributed by atoms with E-state index < -0.39 is 23.5 Å². The summed E-state index contributed by atoms with van der Waals surface area (Å²) in [5, 5.41) is 11.7. The lowest BCUT2D eigenvalue weighted by molar-refractivity contribution is -0.117. The van der Waals surface area contributed by atoms with Crippen LogP contribution in [0.1, 0.15) is 34.0 Å². The number of hydrogen-bond donors (Lipinski definition) is 1. The van der Waals surface area contributed by atoms with Crippen molar-refractivity contribution in [1.29, 1.82) is 0 Å². The van der Waals surface area contributed by atoms with Crippen molar-refractivity contribution in [3.05, 3.63) is 107 Å². The molecule has 0 aliphatic carbocycles. The first kappa shape index (κ1) is 23.4. The molecule has 2 aromatic carbocycles. The summed E-state index contributed by atoms with van der Waals surface area (Å²) in [5.74, 6) is -1.13. The minimum absolute atomic E-state index is 0.0214. The Kier molecular flexibility index (Phi) is 6.35. The second-order valence-electron chi connectivity index (χ2n) is 8.15. The molecule has 7 nitrogen and oxygen atoms in total. The van der Waals surface area contributed by atoms with Crippen LogP contribution in [0.25, 0.3) is 10.6 Å². The zero-order valence-corrected chi connectivity index (χ0v) is 20.5. The van der Waals surface area contributed by atoms with Crippen molar-refractivity contribution in [1.82, 2.24) is 9.97 Å². The fraction of sp³-hybridized carbons (Fsp3) is 0.143. The number of Topliss-reactive ketones (excluding diaryl/α,β-unsaturated/α-hetero) is 1. The fourth-order valence-corrected chi connectivity index (χ4v) is 5.27. The molecule has 1 aliphatic rings. The lowest BCUT2D eigenvalue weighted by atomic mass is 9.98. The maximum absolute atomic E-state index is 13.9. The molecule has 36 heavy (non-hydrogen) atoms. The Balaban J connectivity index is 1.61. The van der Waals surface area contributed by atoms with Crippen LogP contribution in [0.3, 0.4) is 0 Å². The van der Waals surface area contributed by atoms with Crippen LogP contribution in [0.15, 0.2) is 90.3 Å². The van der Waals surface area contributed by atoms with E-state index in [-0.39, 0.29) is 5.57 Å². The quantitative estimate of drug-likeness (QED) is 0.330. The number of anilines is 1. The van der Waals surface area contributed by atoms with Gasteiger partial charge in [0.2, 0.25) is 5.78 Å². The number of amides is 1. The van der Waals surface area contributed by atoms with Gasteiger partial charge in [0.15, 0.2) is 5.76 Å². The van der Waals surface area contributed by atoms with Crippen molar-refractivity contribution in [2.75, 3.05) is 11.5 Å². The molecular weight excluding hydrogens is 474 g/mol. The number of ketones is 1. The van der Waals surface area contributed by atoms with E-state index in [1.165, 1.54) is 16.2 Å². The summed E-state index contributed by atoms with van der Waals surface area (Å²) >= 11 is 1.24. The lowest BCUT2D eigenvalue weighted by Crippen LogP contribution is -2.31. The van der Waals surface area contributed by atoms with Crippen LogP contribution >= 0.6 is 11.3 Å². The average molecular weight is 498 g/mol. The number of aromatic nitrogens is 2. The Labute approximate surface area is 212 Å². The number of rotatable bonds is 7. The van der Waals surface area contributed by atoms with Gasteiger partial charge in [-0.3, -0.25) is 19.5 Å². The highest BCUT2D eigenvalue weighted by Gasteiger charge is 2.46. The number of aliphatic hydroxyl groups excluding tert-OH is 1. The largest absolute Gasteiger partial charge is 0.503 e. The molecule has 0 radical (unpaired) electrons. The number of ether oxygens (including phenoxy) is 1. The van der Waals surface area contributed by atoms with Gasteiger partial charge in [0.25, 0.3) is 5.91 Å². The number of aryl methyl sites for hydroxylation is 1. The summed E-state index contributed by atoms with van der Waals surface area (Å²) in [6.45, 7) is 4.09. The van der Waals surface area contributed by atoms with Crippen molar-refractivity contribution in [2.45, 2.75) is 19.9 Å². The highest BCUT2D eigenvalue weighted by atomic mass is 32.1. The lowest BCUT2D eigenvalue weighted by Gasteiger charge is -2.26. The standard InChI is InChI=1S/C28H23N3O4S/c1-3-35-20-13-9-12-19(16-20)31-23(21-14-7-8-15-29-21)22(25(33)28(31)34)24(32)26-17(2)30-27(36-26)18-10-5-4-6-11-18/h4-16,23,33H,3H2,1-2H3. The summed E-state index contributed by atoms with van der Waals surface area (Å²) in [6.07, 6.45) is 1.59. The number of hydrogen-bond acceptors (Lipinski definition) is 7. The Morgan fingerprint density at radius 3 is 2.58 bits per heavy atom. The van der Waals surface area contributed by atoms with Gasteiger partial charge in [0.1, 0.15) is 16.8 Å². The number of benzene rings is 2. The Bertz CT molecular complexity index is 1460. The molecule has 0 saturated carbocycles. The van der Waals surface area contributed by atoms with E-state index in [1.54, 1.807) is 55.6 Å². The first-order valence-electron chi connectivity index (χ1n) is 11.5. The summed E-state index contributed by atoms with van der Waals surface area (Å²) in [6, 6.07) is 20.9. The molecule has 1 N–H and O–H groups in total. The van der Waals surface area contributed by atoms with Gasteiger partial charge in [0, 0.05) is 23.5 Å². The third kappa shape index (κ3) is 4.16. The number of pyridine rings is 1. The second kappa shape index (κ2) is 9.75. The molecule has 3 heterocycles. The van der Waals surface area contributed by atoms with Gasteiger partial charge in [0.05, 0.1) is 28.4 Å². The molecule has 1 amide bonds. The molecule has 5 rings (SSSR count). The SMILES string of the molecule is CCOc1cccc(N2C(=O)C(O)=C(C(=O)c3sc(-c4ccccc4)nc3C)C2c2ccccn2)c1. The molecule has 180 valence electrons. The predicted molar refractivity (Wildman–Crippen MR) is 138 cm³/mol. The zero-order chi connectivity index (χ0) is 25.2. The minimum Gasteiger partial charge on any atom is -0.503 e. The molecular formula is C28H23N3O4S. The third-order valence-electron chi connectivity index (χ3n) is 5.85. The van der Waals surface area contributed by atoms with Gasteiger partial charge >= 0.3 is 0 Å². The molecule has 0 bridgehead atoms. The maximum Gasteiger partial charge on any atom is 0.294 e. The van der Waals surface area contributed by atoms with Gasteiger partial charge in [-0.15, -0.1) is 11.3 Å². The number of carbonyl (C=O) groups excluding carboxylic acids is 2. The van der Waals surface area contributed by atoms with Crippen molar-refractivity contribution < 1.29 is 19.4 Å². The molecule has 8 heteroatoms. The summed E-state index contributed by atoms with van der Waals surface area (Å²) in [5.41, 5.74) is 2.36. The van der Waals surface area contributed by atoms with Crippen molar-refractivity contribution in [3.63, 3.8) is 0 Å². The van der Waals surface area contributed by atoms with Gasteiger partial charge < -0.3 is 9.84 Å². The van der Waals surface area contributed by atoms with Gasteiger partial charge in [-0.1, -0.05) is 42.5 Å². The Morgan fingerprint density at radius 1 is 1.08 bits per heavy atom. The van der Waals surface area contributed by atoms with Crippen LogP contribution in [0.4, 0.5) is 5.69 Å². The van der Waals surface area contributed by atoms with Crippen LogP contribution in [0.5, 0.6) is 5.75 Å². The van der Waals surface area contributed by atoms with Crippen LogP contribution in [0.2, 0.25) is 0 Å². The normalized spacial score (nSPS) is 15.4. The molecule has 1 aliphatic heterocycles. The van der Waals surface area contributed by atoms with Crippen LogP contribution < -0.4 is 9.64 Å². The molecule has 0 saturated heterocycles. The first-order valence-corrected chi connectivity index (χ1v) is 12.3. The van der Waals surface area contributed by atoms with Crippen LogP contribution in [-0.2, 0) is 4.79 Å². The molecule has 0 spiro atoms. The van der Waals surface area contributed by atoms with E-state index in [9.17, 15) is 14.7 Å². The summed E-state index contributed by atoms with van der Waals surface area (Å²) in [7, 11) is 0. The van der Waals surface area contributed by atoms with Gasteiger partial charge in [-0.2, -0.15) is 0 Å². The second-order valence-corrected chi connectivity index (χ2v) is 9.15. The van der Waals surface area contributed by atoms with E-state index in [0.717, 1.165) is 5.56 Å². The van der Waals surface area contributed by atoms with Crippen molar-refractivity contribution in [3.8, 4) is 16.3 Å². The first-order chi connectivity index (χ1) is 17.5. The van der Waals surface area contributed by atoms with E-state index in [2.05, 4.69) is 9.97 Å². The number of carbonyl (C=O) groups is 2. The monoisotopic (exact) mass is 497 g/mol. The Morgan fingerprint density at radius 2 is 1.86 bits per heavy atom.